The Balaban J connectivity index is 1.83. The highest BCUT2D eigenvalue weighted by atomic mass is 19.1. The van der Waals surface area contributed by atoms with Gasteiger partial charge in [0.25, 0.3) is 0 Å². The van der Waals surface area contributed by atoms with Crippen molar-refractivity contribution in [3.05, 3.63) is 54.0 Å². The Morgan fingerprint density at radius 3 is 2.88 bits per heavy atom. The number of likely N-dealkylation sites (N-methyl/N-ethyl adjacent to an activating group) is 1. The van der Waals surface area contributed by atoms with Crippen molar-refractivity contribution in [1.29, 1.82) is 0 Å². The van der Waals surface area contributed by atoms with Crippen molar-refractivity contribution in [3.8, 4) is 5.75 Å². The number of H-pyrrole nitrogens is 1. The molecule has 1 heterocycles. The summed E-state index contributed by atoms with van der Waals surface area (Å²) in [6.45, 7) is 0. The summed E-state index contributed by atoms with van der Waals surface area (Å²) in [4.78, 5) is 12.6. The van der Waals surface area contributed by atoms with Gasteiger partial charge in [-0.2, -0.15) is 5.10 Å². The van der Waals surface area contributed by atoms with E-state index in [0.717, 1.165) is 10.9 Å². The van der Waals surface area contributed by atoms with E-state index >= 15 is 0 Å². The number of ether oxygens (including phenoxy) is 1. The second kappa shape index (κ2) is 6.67. The zero-order chi connectivity index (χ0) is 17.1. The van der Waals surface area contributed by atoms with Crippen molar-refractivity contribution in [2.45, 2.75) is 6.04 Å². The van der Waals surface area contributed by atoms with E-state index in [4.69, 9.17) is 4.74 Å². The van der Waals surface area contributed by atoms with E-state index in [9.17, 15) is 9.18 Å². The first-order valence-corrected chi connectivity index (χ1v) is 7.37. The van der Waals surface area contributed by atoms with Crippen LogP contribution in [0.15, 0.2) is 42.6 Å². The first-order chi connectivity index (χ1) is 11.6. The van der Waals surface area contributed by atoms with Gasteiger partial charge in [-0.05, 0) is 42.9 Å². The van der Waals surface area contributed by atoms with E-state index in [1.54, 1.807) is 25.4 Å². The van der Waals surface area contributed by atoms with E-state index in [2.05, 4.69) is 20.8 Å². The summed E-state index contributed by atoms with van der Waals surface area (Å²) >= 11 is 0. The molecule has 24 heavy (non-hydrogen) atoms. The predicted molar refractivity (Wildman–Crippen MR) is 89.5 cm³/mol. The van der Waals surface area contributed by atoms with Crippen molar-refractivity contribution in [2.75, 3.05) is 19.5 Å². The number of benzene rings is 2. The van der Waals surface area contributed by atoms with Crippen molar-refractivity contribution in [2.24, 2.45) is 0 Å². The number of aromatic nitrogens is 2. The molecule has 0 saturated heterocycles. The quantitative estimate of drug-likeness (QED) is 0.673. The van der Waals surface area contributed by atoms with Gasteiger partial charge in [-0.25, -0.2) is 4.39 Å². The number of nitrogens with one attached hydrogen (secondary N) is 3. The van der Waals surface area contributed by atoms with Gasteiger partial charge in [-0.3, -0.25) is 9.89 Å². The highest BCUT2D eigenvalue weighted by Crippen LogP contribution is 2.24. The molecule has 7 heteroatoms. The molecule has 1 aromatic heterocycles. The molecule has 1 unspecified atom stereocenters. The first-order valence-electron chi connectivity index (χ1n) is 7.37. The molecule has 6 nitrogen and oxygen atoms in total. The van der Waals surface area contributed by atoms with Crippen molar-refractivity contribution in [3.63, 3.8) is 0 Å². The third-order valence-electron chi connectivity index (χ3n) is 3.77. The standard InChI is InChI=1S/C17H17FN4O2/c1-19-16(10-3-5-13(18)15(8-10)24-2)17(23)21-12-4-6-14-11(7-12)9-20-22-14/h3-9,16,19H,1-2H3,(H,20,22)(H,21,23). The van der Waals surface area contributed by atoms with Crippen LogP contribution < -0.4 is 15.4 Å². The van der Waals surface area contributed by atoms with Crippen LogP contribution in [0.1, 0.15) is 11.6 Å². The lowest BCUT2D eigenvalue weighted by Crippen LogP contribution is -2.30. The lowest BCUT2D eigenvalue weighted by atomic mass is 10.1. The van der Waals surface area contributed by atoms with E-state index in [0.29, 0.717) is 11.3 Å². The topological polar surface area (TPSA) is 79.0 Å². The molecule has 0 bridgehead atoms. The van der Waals surface area contributed by atoms with E-state index in [1.807, 2.05) is 12.1 Å². The molecule has 0 aliphatic carbocycles. The van der Waals surface area contributed by atoms with Gasteiger partial charge < -0.3 is 15.4 Å². The number of anilines is 1. The highest BCUT2D eigenvalue weighted by molar-refractivity contribution is 5.97. The van der Waals surface area contributed by atoms with Gasteiger partial charge in [-0.1, -0.05) is 6.07 Å². The summed E-state index contributed by atoms with van der Waals surface area (Å²) in [6.07, 6.45) is 1.69. The molecule has 3 rings (SSSR count). The molecule has 1 atom stereocenters. The number of nitrogens with zero attached hydrogens (tertiary/aromatic N) is 1. The lowest BCUT2D eigenvalue weighted by Gasteiger charge is -2.17. The molecule has 0 radical (unpaired) electrons. The van der Waals surface area contributed by atoms with Gasteiger partial charge >= 0.3 is 0 Å². The van der Waals surface area contributed by atoms with Crippen LogP contribution in [0.4, 0.5) is 10.1 Å². The maximum atomic E-state index is 13.5. The van der Waals surface area contributed by atoms with Gasteiger partial charge in [0.2, 0.25) is 5.91 Å². The minimum absolute atomic E-state index is 0.0976. The van der Waals surface area contributed by atoms with Gasteiger partial charge in [0.15, 0.2) is 11.6 Å². The largest absolute Gasteiger partial charge is 0.494 e. The zero-order valence-corrected chi connectivity index (χ0v) is 13.3. The van der Waals surface area contributed by atoms with Crippen molar-refractivity contribution >= 4 is 22.5 Å². The van der Waals surface area contributed by atoms with Crippen LogP contribution >= 0.6 is 0 Å². The third-order valence-corrected chi connectivity index (χ3v) is 3.77. The third kappa shape index (κ3) is 3.07. The Morgan fingerprint density at radius 1 is 1.29 bits per heavy atom. The van der Waals surface area contributed by atoms with Gasteiger partial charge in [0.1, 0.15) is 6.04 Å². The summed E-state index contributed by atoms with van der Waals surface area (Å²) in [7, 11) is 3.05. The van der Waals surface area contributed by atoms with Crippen molar-refractivity contribution in [1.82, 2.24) is 15.5 Å². The number of amides is 1. The molecule has 0 spiro atoms. The smallest absolute Gasteiger partial charge is 0.246 e. The average molecular weight is 328 g/mol. The monoisotopic (exact) mass is 328 g/mol. The minimum atomic E-state index is -0.639. The summed E-state index contributed by atoms with van der Waals surface area (Å²) in [5, 5.41) is 13.5. The highest BCUT2D eigenvalue weighted by Gasteiger charge is 2.20. The fraction of sp³-hybridized carbons (Fsp3) is 0.176. The number of carbonyl (C=O) groups excluding carboxylic acids is 1. The number of halogens is 1. The molecule has 0 aliphatic heterocycles. The molecule has 2 aromatic carbocycles. The number of hydrogen-bond acceptors (Lipinski definition) is 4. The maximum absolute atomic E-state index is 13.5. The van der Waals surface area contributed by atoms with Gasteiger partial charge in [-0.15, -0.1) is 0 Å². The zero-order valence-electron chi connectivity index (χ0n) is 13.3. The summed E-state index contributed by atoms with van der Waals surface area (Å²) in [5.41, 5.74) is 2.15. The molecular formula is C17H17FN4O2. The van der Waals surface area contributed by atoms with Crippen LogP contribution in [0.3, 0.4) is 0 Å². The van der Waals surface area contributed by atoms with Crippen LogP contribution in [0.2, 0.25) is 0 Å². The SMILES string of the molecule is CNC(C(=O)Nc1ccc2[nH]ncc2c1)c1ccc(F)c(OC)c1. The molecule has 0 aliphatic rings. The number of rotatable bonds is 5. The Hall–Kier alpha value is -2.93. The molecule has 0 fully saturated rings. The Labute approximate surface area is 138 Å². The van der Waals surface area contributed by atoms with Crippen LogP contribution in [-0.4, -0.2) is 30.3 Å². The fourth-order valence-corrected chi connectivity index (χ4v) is 2.54. The summed E-state index contributed by atoms with van der Waals surface area (Å²) in [5.74, 6) is -0.628. The maximum Gasteiger partial charge on any atom is 0.246 e. The minimum Gasteiger partial charge on any atom is -0.494 e. The number of aromatic amines is 1. The van der Waals surface area contributed by atoms with E-state index < -0.39 is 11.9 Å². The average Bonchev–Trinajstić information content (AvgIpc) is 3.04. The molecular weight excluding hydrogens is 311 g/mol. The fourth-order valence-electron chi connectivity index (χ4n) is 2.54. The summed E-state index contributed by atoms with van der Waals surface area (Å²) < 4.78 is 18.5. The summed E-state index contributed by atoms with van der Waals surface area (Å²) in [6, 6.07) is 9.16. The van der Waals surface area contributed by atoms with Gasteiger partial charge in [0.05, 0.1) is 18.8 Å². The second-order valence-corrected chi connectivity index (χ2v) is 5.28. The second-order valence-electron chi connectivity index (χ2n) is 5.28. The lowest BCUT2D eigenvalue weighted by molar-refractivity contribution is -0.118. The van der Waals surface area contributed by atoms with Gasteiger partial charge in [0, 0.05) is 11.1 Å². The Kier molecular flexibility index (Phi) is 4.43. The normalized spacial score (nSPS) is 12.1. The number of hydrogen-bond donors (Lipinski definition) is 3. The predicted octanol–water partition coefficient (Wildman–Crippen LogP) is 2.61. The van der Waals surface area contributed by atoms with Crippen LogP contribution in [-0.2, 0) is 4.79 Å². The van der Waals surface area contributed by atoms with Crippen LogP contribution in [0.5, 0.6) is 5.75 Å². The molecule has 0 saturated carbocycles. The van der Waals surface area contributed by atoms with Crippen molar-refractivity contribution < 1.29 is 13.9 Å². The molecule has 3 N–H and O–H groups in total. The molecule has 124 valence electrons. The van der Waals surface area contributed by atoms with E-state index in [1.165, 1.54) is 19.2 Å². The number of methoxy groups -OCH3 is 1. The van der Waals surface area contributed by atoms with E-state index in [-0.39, 0.29) is 11.7 Å². The number of fused-ring (bicyclic) bond motifs is 1. The molecule has 3 aromatic rings. The van der Waals surface area contributed by atoms with Crippen LogP contribution in [0.25, 0.3) is 10.9 Å². The number of carbonyl (C=O) groups is 1. The van der Waals surface area contributed by atoms with Crippen LogP contribution in [0, 0.1) is 5.82 Å². The molecule has 1 amide bonds. The Morgan fingerprint density at radius 2 is 2.12 bits per heavy atom. The Bertz CT molecular complexity index is 878. The first kappa shape index (κ1) is 15.9.